The number of hydrogen-bond acceptors (Lipinski definition) is 2. The maximum Gasteiger partial charge on any atom is 0.145 e. The highest BCUT2D eigenvalue weighted by molar-refractivity contribution is 4.90. The standard InChI is InChI=1S/C6H6N4/c7-5-1-3-9-6(8)2-4-10(5)9/h1-4,7-8H. The molecule has 0 unspecified atom stereocenters. The highest BCUT2D eigenvalue weighted by atomic mass is 15.3. The summed E-state index contributed by atoms with van der Waals surface area (Å²) >= 11 is 0. The zero-order valence-corrected chi connectivity index (χ0v) is 5.20. The van der Waals surface area contributed by atoms with E-state index in [0.717, 1.165) is 0 Å². The fraction of sp³-hybridized carbons (Fsp3) is 0. The minimum absolute atomic E-state index is 0.401. The third kappa shape index (κ3) is 0.452. The van der Waals surface area contributed by atoms with Crippen molar-refractivity contribution in [1.82, 2.24) is 9.03 Å². The van der Waals surface area contributed by atoms with Crippen LogP contribution in [-0.2, 0) is 0 Å². The van der Waals surface area contributed by atoms with Crippen molar-refractivity contribution in [3.63, 3.8) is 0 Å². The van der Waals surface area contributed by atoms with Crippen LogP contribution < -0.4 is 11.0 Å². The lowest BCUT2D eigenvalue weighted by atomic mass is 10.6. The first-order valence-corrected chi connectivity index (χ1v) is 2.91. The predicted molar refractivity (Wildman–Crippen MR) is 33.7 cm³/mol. The van der Waals surface area contributed by atoms with Gasteiger partial charge in [-0.2, -0.15) is 0 Å². The van der Waals surface area contributed by atoms with E-state index in [-0.39, 0.29) is 0 Å². The van der Waals surface area contributed by atoms with Gasteiger partial charge < -0.3 is 0 Å². The first-order chi connectivity index (χ1) is 4.79. The van der Waals surface area contributed by atoms with Crippen molar-refractivity contribution in [2.24, 2.45) is 0 Å². The summed E-state index contributed by atoms with van der Waals surface area (Å²) in [6.45, 7) is 0. The minimum Gasteiger partial charge on any atom is -0.283 e. The van der Waals surface area contributed by atoms with Crippen molar-refractivity contribution in [3.8, 4) is 0 Å². The SMILES string of the molecule is N=c1ccn2c(=N)ccn12. The maximum absolute atomic E-state index is 7.32. The average Bonchev–Trinajstić information content (AvgIpc) is 2.41. The van der Waals surface area contributed by atoms with Gasteiger partial charge in [-0.1, -0.05) is 0 Å². The van der Waals surface area contributed by atoms with Crippen molar-refractivity contribution in [3.05, 3.63) is 35.5 Å². The predicted octanol–water partition coefficient (Wildman–Crippen LogP) is -0.564. The van der Waals surface area contributed by atoms with Crippen molar-refractivity contribution in [2.45, 2.75) is 0 Å². The molecule has 2 aromatic heterocycles. The van der Waals surface area contributed by atoms with Crippen LogP contribution in [0.3, 0.4) is 0 Å². The van der Waals surface area contributed by atoms with E-state index in [9.17, 15) is 0 Å². The van der Waals surface area contributed by atoms with Gasteiger partial charge in [0.25, 0.3) is 0 Å². The van der Waals surface area contributed by atoms with Crippen molar-refractivity contribution < 1.29 is 0 Å². The number of fused-ring (bicyclic) bond motifs is 1. The molecular weight excluding hydrogens is 128 g/mol. The molecule has 0 bridgehead atoms. The summed E-state index contributed by atoms with van der Waals surface area (Å²) in [5.41, 5.74) is 0.803. The van der Waals surface area contributed by atoms with E-state index in [1.165, 1.54) is 0 Å². The van der Waals surface area contributed by atoms with Crippen LogP contribution in [0.4, 0.5) is 0 Å². The second-order valence-electron chi connectivity index (χ2n) is 2.09. The highest BCUT2D eigenvalue weighted by Gasteiger charge is 1.92. The van der Waals surface area contributed by atoms with Crippen LogP contribution in [0.1, 0.15) is 0 Å². The Bertz CT molecular complexity index is 405. The molecule has 0 fully saturated rings. The van der Waals surface area contributed by atoms with Crippen LogP contribution >= 0.6 is 0 Å². The summed E-state index contributed by atoms with van der Waals surface area (Å²) in [6.07, 6.45) is 3.40. The minimum atomic E-state index is 0.401. The first kappa shape index (κ1) is 5.22. The number of nitrogens with zero attached hydrogens (tertiary/aromatic N) is 2. The first-order valence-electron chi connectivity index (χ1n) is 2.91. The monoisotopic (exact) mass is 134 g/mol. The topological polar surface area (TPSA) is 56.5 Å². The summed E-state index contributed by atoms with van der Waals surface area (Å²) < 4.78 is 3.20. The molecule has 2 heterocycles. The number of rotatable bonds is 0. The van der Waals surface area contributed by atoms with Crippen LogP contribution in [0.5, 0.6) is 0 Å². The molecule has 10 heavy (non-hydrogen) atoms. The fourth-order valence-electron chi connectivity index (χ4n) is 0.972. The third-order valence-electron chi connectivity index (χ3n) is 1.47. The van der Waals surface area contributed by atoms with E-state index in [2.05, 4.69) is 0 Å². The molecule has 0 atom stereocenters. The van der Waals surface area contributed by atoms with Gasteiger partial charge in [-0.05, 0) is 0 Å². The van der Waals surface area contributed by atoms with E-state index in [1.54, 1.807) is 33.6 Å². The van der Waals surface area contributed by atoms with E-state index in [0.29, 0.717) is 11.0 Å². The van der Waals surface area contributed by atoms with Crippen molar-refractivity contribution in [1.29, 1.82) is 10.8 Å². The van der Waals surface area contributed by atoms with E-state index in [4.69, 9.17) is 10.8 Å². The Morgan fingerprint density at radius 2 is 1.30 bits per heavy atom. The Hall–Kier alpha value is -1.58. The second-order valence-corrected chi connectivity index (χ2v) is 2.09. The Morgan fingerprint density at radius 1 is 0.900 bits per heavy atom. The molecule has 0 aliphatic rings. The number of hydrogen-bond donors (Lipinski definition) is 2. The number of aromatic nitrogens is 2. The van der Waals surface area contributed by atoms with Crippen LogP contribution in [0.15, 0.2) is 24.5 Å². The zero-order chi connectivity index (χ0) is 7.14. The molecule has 0 spiro atoms. The van der Waals surface area contributed by atoms with Gasteiger partial charge in [0, 0.05) is 24.5 Å². The Kier molecular flexibility index (Phi) is 0.768. The molecular formula is C6H6N4. The second kappa shape index (κ2) is 1.47. The smallest absolute Gasteiger partial charge is 0.145 e. The van der Waals surface area contributed by atoms with Crippen LogP contribution in [0.25, 0.3) is 0 Å². The summed E-state index contributed by atoms with van der Waals surface area (Å²) in [5, 5.41) is 14.6. The fourth-order valence-corrected chi connectivity index (χ4v) is 0.972. The van der Waals surface area contributed by atoms with Crippen molar-refractivity contribution in [2.75, 3.05) is 0 Å². The van der Waals surface area contributed by atoms with Gasteiger partial charge in [-0.15, -0.1) is 0 Å². The molecule has 0 aliphatic heterocycles. The molecule has 4 nitrogen and oxygen atoms in total. The van der Waals surface area contributed by atoms with Gasteiger partial charge in [0.2, 0.25) is 0 Å². The normalized spacial score (nSPS) is 10.8. The summed E-state index contributed by atoms with van der Waals surface area (Å²) in [5.74, 6) is 0. The molecule has 0 saturated carbocycles. The molecule has 0 aromatic carbocycles. The molecule has 4 heteroatoms. The molecule has 0 radical (unpaired) electrons. The highest BCUT2D eigenvalue weighted by Crippen LogP contribution is 1.77. The Balaban J connectivity index is 3.24. The van der Waals surface area contributed by atoms with Gasteiger partial charge in [0.05, 0.1) is 0 Å². The summed E-state index contributed by atoms with van der Waals surface area (Å²) in [4.78, 5) is 0. The van der Waals surface area contributed by atoms with Crippen molar-refractivity contribution >= 4 is 0 Å². The quantitative estimate of drug-likeness (QED) is 0.485. The van der Waals surface area contributed by atoms with Gasteiger partial charge in [-0.3, -0.25) is 10.8 Å². The molecule has 0 aliphatic carbocycles. The lowest BCUT2D eigenvalue weighted by molar-refractivity contribution is 0.766. The molecule has 50 valence electrons. The summed E-state index contributed by atoms with van der Waals surface area (Å²) in [7, 11) is 0. The largest absolute Gasteiger partial charge is 0.283 e. The van der Waals surface area contributed by atoms with Gasteiger partial charge in [0.1, 0.15) is 11.0 Å². The van der Waals surface area contributed by atoms with Gasteiger partial charge in [0.15, 0.2) is 0 Å². The zero-order valence-electron chi connectivity index (χ0n) is 5.20. The molecule has 0 amide bonds. The van der Waals surface area contributed by atoms with E-state index >= 15 is 0 Å². The van der Waals surface area contributed by atoms with Gasteiger partial charge in [-0.25, -0.2) is 9.03 Å². The molecule has 0 saturated heterocycles. The average molecular weight is 134 g/mol. The molecule has 2 aromatic rings. The van der Waals surface area contributed by atoms with Gasteiger partial charge >= 0.3 is 0 Å². The lowest BCUT2D eigenvalue weighted by Crippen LogP contribution is -2.12. The van der Waals surface area contributed by atoms with Crippen LogP contribution in [0.2, 0.25) is 0 Å². The molecule has 2 N–H and O–H groups in total. The molecule has 2 rings (SSSR count). The lowest BCUT2D eigenvalue weighted by Gasteiger charge is -1.82. The van der Waals surface area contributed by atoms with E-state index in [1.807, 2.05) is 0 Å². The maximum atomic E-state index is 7.32. The Morgan fingerprint density at radius 3 is 1.70 bits per heavy atom. The van der Waals surface area contributed by atoms with Crippen LogP contribution in [0, 0.1) is 10.8 Å². The van der Waals surface area contributed by atoms with Crippen LogP contribution in [-0.4, -0.2) is 9.03 Å². The third-order valence-corrected chi connectivity index (χ3v) is 1.47. The summed E-state index contributed by atoms with van der Waals surface area (Å²) in [6, 6.07) is 3.30. The Labute approximate surface area is 56.3 Å². The van der Waals surface area contributed by atoms with E-state index < -0.39 is 0 Å². The number of nitrogens with one attached hydrogen (secondary N) is 2.